The molecule has 1 heterocycles. The van der Waals surface area contributed by atoms with Crippen molar-refractivity contribution in [2.45, 2.75) is 50.5 Å². The van der Waals surface area contributed by atoms with E-state index in [1.807, 2.05) is 0 Å². The normalized spacial score (nSPS) is 16.6. The van der Waals surface area contributed by atoms with Crippen molar-refractivity contribution >= 4 is 5.97 Å². The Morgan fingerprint density at radius 2 is 2.00 bits per heavy atom. The highest BCUT2D eigenvalue weighted by atomic mass is 16.4. The first kappa shape index (κ1) is 17.1. The van der Waals surface area contributed by atoms with E-state index in [-0.39, 0.29) is 17.3 Å². The van der Waals surface area contributed by atoms with Crippen LogP contribution < -0.4 is 5.73 Å². The minimum Gasteiger partial charge on any atom is -0.478 e. The van der Waals surface area contributed by atoms with Gasteiger partial charge in [0.05, 0.1) is 22.6 Å². The number of carboxylic acids is 1. The third-order valence-corrected chi connectivity index (χ3v) is 4.63. The summed E-state index contributed by atoms with van der Waals surface area (Å²) in [5, 5.41) is 27.1. The molecule has 1 aromatic heterocycles. The second-order valence-electron chi connectivity index (χ2n) is 7.14. The van der Waals surface area contributed by atoms with Gasteiger partial charge in [0.25, 0.3) is 0 Å². The van der Waals surface area contributed by atoms with Gasteiger partial charge in [0.2, 0.25) is 11.8 Å². The molecule has 25 heavy (non-hydrogen) atoms. The second kappa shape index (κ2) is 5.97. The van der Waals surface area contributed by atoms with E-state index >= 15 is 0 Å². The Morgan fingerprint density at radius 3 is 2.52 bits per heavy atom. The minimum absolute atomic E-state index is 0.0979. The van der Waals surface area contributed by atoms with E-state index in [0.29, 0.717) is 11.1 Å². The van der Waals surface area contributed by atoms with Gasteiger partial charge in [0.15, 0.2) is 0 Å². The maximum atomic E-state index is 11.5. The van der Waals surface area contributed by atoms with E-state index in [9.17, 15) is 15.2 Å². The largest absolute Gasteiger partial charge is 0.478 e. The lowest BCUT2D eigenvalue weighted by atomic mass is 9.79. The standard InChI is InChI=1S/C18H20N4O3/c1-17(2,20)16-22-21-14(25-16)11-7-12(15(23)24)9-13(8-11)18(10-19)5-3-4-6-18/h7-9H,3-6,20H2,1-2H3,(H,23,24). The van der Waals surface area contributed by atoms with E-state index in [4.69, 9.17) is 10.2 Å². The summed E-state index contributed by atoms with van der Waals surface area (Å²) in [5.41, 5.74) is 5.79. The zero-order chi connectivity index (χ0) is 18.2. The number of nitrogens with two attached hydrogens (primary N) is 1. The zero-order valence-corrected chi connectivity index (χ0v) is 14.2. The van der Waals surface area contributed by atoms with Crippen molar-refractivity contribution in [1.82, 2.24) is 10.2 Å². The summed E-state index contributed by atoms with van der Waals surface area (Å²) in [4.78, 5) is 11.5. The quantitative estimate of drug-likeness (QED) is 0.876. The molecule has 0 atom stereocenters. The van der Waals surface area contributed by atoms with Gasteiger partial charge in [0, 0.05) is 5.56 Å². The molecule has 0 spiro atoms. The van der Waals surface area contributed by atoms with Crippen LogP contribution in [0.3, 0.4) is 0 Å². The molecule has 3 rings (SSSR count). The molecule has 0 bridgehead atoms. The first-order valence-corrected chi connectivity index (χ1v) is 8.18. The van der Waals surface area contributed by atoms with E-state index in [2.05, 4.69) is 16.3 Å². The molecule has 3 N–H and O–H groups in total. The van der Waals surface area contributed by atoms with Gasteiger partial charge in [0.1, 0.15) is 0 Å². The molecule has 1 fully saturated rings. The van der Waals surface area contributed by atoms with E-state index in [0.717, 1.165) is 25.7 Å². The average Bonchev–Trinajstić information content (AvgIpc) is 3.24. The van der Waals surface area contributed by atoms with Crippen molar-refractivity contribution in [3.63, 3.8) is 0 Å². The first-order chi connectivity index (χ1) is 11.7. The molecule has 0 aliphatic heterocycles. The maximum absolute atomic E-state index is 11.5. The number of nitrogens with zero attached hydrogens (tertiary/aromatic N) is 3. The third kappa shape index (κ3) is 3.13. The van der Waals surface area contributed by atoms with Crippen LogP contribution in [0.15, 0.2) is 22.6 Å². The maximum Gasteiger partial charge on any atom is 0.335 e. The summed E-state index contributed by atoms with van der Waals surface area (Å²) in [6, 6.07) is 7.22. The number of aromatic nitrogens is 2. The molecule has 0 unspecified atom stereocenters. The van der Waals surface area contributed by atoms with Gasteiger partial charge in [-0.1, -0.05) is 12.8 Å². The van der Waals surface area contributed by atoms with Crippen molar-refractivity contribution in [1.29, 1.82) is 5.26 Å². The lowest BCUT2D eigenvalue weighted by molar-refractivity contribution is 0.0696. The monoisotopic (exact) mass is 340 g/mol. The van der Waals surface area contributed by atoms with Gasteiger partial charge in [-0.15, -0.1) is 10.2 Å². The molecule has 0 amide bonds. The number of benzene rings is 1. The Balaban J connectivity index is 2.13. The van der Waals surface area contributed by atoms with Crippen LogP contribution in [0.4, 0.5) is 0 Å². The van der Waals surface area contributed by atoms with Gasteiger partial charge in [-0.05, 0) is 50.5 Å². The fraction of sp³-hybridized carbons (Fsp3) is 0.444. The topological polar surface area (TPSA) is 126 Å². The number of hydrogen-bond acceptors (Lipinski definition) is 6. The van der Waals surface area contributed by atoms with Gasteiger partial charge < -0.3 is 15.3 Å². The van der Waals surface area contributed by atoms with Crippen LogP contribution in [-0.4, -0.2) is 21.3 Å². The van der Waals surface area contributed by atoms with E-state index in [1.54, 1.807) is 26.0 Å². The Labute approximate surface area is 145 Å². The predicted octanol–water partition coefficient (Wildman–Crippen LogP) is 2.96. The molecule has 1 saturated carbocycles. The number of carboxylic acid groups (broad SMARTS) is 1. The van der Waals surface area contributed by atoms with Gasteiger partial charge >= 0.3 is 5.97 Å². The summed E-state index contributed by atoms with van der Waals surface area (Å²) >= 11 is 0. The molecule has 7 heteroatoms. The molecule has 130 valence electrons. The molecule has 2 aromatic rings. The van der Waals surface area contributed by atoms with Crippen LogP contribution in [-0.2, 0) is 11.0 Å². The summed E-state index contributed by atoms with van der Waals surface area (Å²) in [6.07, 6.45) is 3.34. The Kier molecular flexibility index (Phi) is 4.09. The number of carbonyl (C=O) groups is 1. The van der Waals surface area contributed by atoms with Crippen LogP contribution in [0.25, 0.3) is 11.5 Å². The van der Waals surface area contributed by atoms with Gasteiger partial charge in [-0.25, -0.2) is 4.79 Å². The lowest BCUT2D eigenvalue weighted by Crippen LogP contribution is -2.29. The molecular weight excluding hydrogens is 320 g/mol. The SMILES string of the molecule is CC(C)(N)c1nnc(-c2cc(C(=O)O)cc(C3(C#N)CCCC3)c2)o1. The number of aromatic carboxylic acids is 1. The Morgan fingerprint density at radius 1 is 1.32 bits per heavy atom. The van der Waals surface area contributed by atoms with E-state index < -0.39 is 16.9 Å². The lowest BCUT2D eigenvalue weighted by Gasteiger charge is -2.21. The predicted molar refractivity (Wildman–Crippen MR) is 89.7 cm³/mol. The number of nitriles is 1. The summed E-state index contributed by atoms with van der Waals surface area (Å²) in [5.74, 6) is -0.599. The molecule has 0 saturated heterocycles. The summed E-state index contributed by atoms with van der Waals surface area (Å²) in [7, 11) is 0. The summed E-state index contributed by atoms with van der Waals surface area (Å²) < 4.78 is 5.63. The van der Waals surface area contributed by atoms with Crippen molar-refractivity contribution < 1.29 is 14.3 Å². The molecule has 0 radical (unpaired) electrons. The fourth-order valence-corrected chi connectivity index (χ4v) is 3.19. The Bertz CT molecular complexity index is 852. The molecule has 7 nitrogen and oxygen atoms in total. The van der Waals surface area contributed by atoms with E-state index in [1.165, 1.54) is 6.07 Å². The highest BCUT2D eigenvalue weighted by Gasteiger charge is 2.37. The van der Waals surface area contributed by atoms with Crippen LogP contribution in [0.1, 0.15) is 61.3 Å². The van der Waals surface area contributed by atoms with Gasteiger partial charge in [-0.2, -0.15) is 5.26 Å². The molecule has 1 aromatic carbocycles. The smallest absolute Gasteiger partial charge is 0.335 e. The van der Waals surface area contributed by atoms with Crippen LogP contribution in [0, 0.1) is 11.3 Å². The highest BCUT2D eigenvalue weighted by Crippen LogP contribution is 2.42. The zero-order valence-electron chi connectivity index (χ0n) is 14.2. The highest BCUT2D eigenvalue weighted by molar-refractivity contribution is 5.89. The molecule has 1 aliphatic rings. The minimum atomic E-state index is -1.06. The molecule has 1 aliphatic carbocycles. The van der Waals surface area contributed by atoms with Crippen molar-refractivity contribution in [3.8, 4) is 17.5 Å². The average molecular weight is 340 g/mol. The Hall–Kier alpha value is -2.72. The fourth-order valence-electron chi connectivity index (χ4n) is 3.19. The van der Waals surface area contributed by atoms with Crippen LogP contribution in [0.2, 0.25) is 0 Å². The van der Waals surface area contributed by atoms with Crippen molar-refractivity contribution in [2.24, 2.45) is 5.73 Å². The van der Waals surface area contributed by atoms with Gasteiger partial charge in [-0.3, -0.25) is 0 Å². The van der Waals surface area contributed by atoms with Crippen LogP contribution in [0.5, 0.6) is 0 Å². The number of rotatable bonds is 4. The third-order valence-electron chi connectivity index (χ3n) is 4.63. The second-order valence-corrected chi connectivity index (χ2v) is 7.14. The number of hydrogen-bond donors (Lipinski definition) is 2. The first-order valence-electron chi connectivity index (χ1n) is 8.18. The van der Waals surface area contributed by atoms with Crippen molar-refractivity contribution in [2.75, 3.05) is 0 Å². The van der Waals surface area contributed by atoms with Crippen LogP contribution >= 0.6 is 0 Å². The van der Waals surface area contributed by atoms with Crippen molar-refractivity contribution in [3.05, 3.63) is 35.2 Å². The summed E-state index contributed by atoms with van der Waals surface area (Å²) in [6.45, 7) is 3.49. The molecular formula is C18H20N4O3.